The zero-order chi connectivity index (χ0) is 11.8. The third kappa shape index (κ3) is 3.51. The van der Waals surface area contributed by atoms with Crippen LogP contribution in [-0.4, -0.2) is 31.3 Å². The Morgan fingerprint density at radius 1 is 1.25 bits per heavy atom. The number of nitrogens with one attached hydrogen (secondary N) is 1. The van der Waals surface area contributed by atoms with Crippen LogP contribution in [0.15, 0.2) is 24.3 Å². The first-order chi connectivity index (χ1) is 7.83. The Morgan fingerprint density at radius 3 is 2.62 bits per heavy atom. The van der Waals surface area contributed by atoms with Gasteiger partial charge in [-0.2, -0.15) is 0 Å². The van der Waals surface area contributed by atoms with Crippen molar-refractivity contribution < 1.29 is 5.11 Å². The maximum absolute atomic E-state index is 9.04. The number of hydrogen-bond donors (Lipinski definition) is 2. The van der Waals surface area contributed by atoms with Crippen LogP contribution >= 0.6 is 0 Å². The molecule has 0 saturated heterocycles. The van der Waals surface area contributed by atoms with Gasteiger partial charge in [-0.3, -0.25) is 0 Å². The monoisotopic (exact) mass is 222 g/mol. The molecule has 0 unspecified atom stereocenters. The lowest BCUT2D eigenvalue weighted by Crippen LogP contribution is -2.28. The standard InChI is InChI=1S/C13H22N2O/c1-3-14-11-12-7-5-6-8-13(12)15(4-2)9-10-16/h5-8,14,16H,3-4,9-11H2,1-2H3. The SMILES string of the molecule is CCNCc1ccccc1N(CC)CCO. The van der Waals surface area contributed by atoms with E-state index in [1.807, 2.05) is 6.07 Å². The molecule has 0 saturated carbocycles. The molecule has 1 rings (SSSR count). The van der Waals surface area contributed by atoms with Crippen molar-refractivity contribution in [1.82, 2.24) is 5.32 Å². The van der Waals surface area contributed by atoms with E-state index in [4.69, 9.17) is 5.11 Å². The quantitative estimate of drug-likeness (QED) is 0.736. The molecule has 0 atom stereocenters. The van der Waals surface area contributed by atoms with Crippen LogP contribution in [0.2, 0.25) is 0 Å². The number of nitrogens with zero attached hydrogens (tertiary/aromatic N) is 1. The van der Waals surface area contributed by atoms with Crippen molar-refractivity contribution in [3.8, 4) is 0 Å². The van der Waals surface area contributed by atoms with E-state index in [1.54, 1.807) is 0 Å². The molecule has 1 aromatic carbocycles. The molecule has 0 aliphatic heterocycles. The Hall–Kier alpha value is -1.06. The topological polar surface area (TPSA) is 35.5 Å². The lowest BCUT2D eigenvalue weighted by atomic mass is 10.1. The first-order valence-corrected chi connectivity index (χ1v) is 5.97. The molecule has 1 aromatic rings. The number of anilines is 1. The summed E-state index contributed by atoms with van der Waals surface area (Å²) in [5.74, 6) is 0. The highest BCUT2D eigenvalue weighted by Crippen LogP contribution is 2.19. The highest BCUT2D eigenvalue weighted by Gasteiger charge is 2.07. The number of likely N-dealkylation sites (N-methyl/N-ethyl adjacent to an activating group) is 1. The van der Waals surface area contributed by atoms with Gasteiger partial charge in [0.1, 0.15) is 0 Å². The normalized spacial score (nSPS) is 10.4. The van der Waals surface area contributed by atoms with Crippen LogP contribution in [0.25, 0.3) is 0 Å². The largest absolute Gasteiger partial charge is 0.395 e. The first-order valence-electron chi connectivity index (χ1n) is 5.97. The van der Waals surface area contributed by atoms with Crippen molar-refractivity contribution in [2.45, 2.75) is 20.4 Å². The van der Waals surface area contributed by atoms with Crippen LogP contribution in [0, 0.1) is 0 Å². The molecule has 0 radical (unpaired) electrons. The van der Waals surface area contributed by atoms with Gasteiger partial charge >= 0.3 is 0 Å². The van der Waals surface area contributed by atoms with E-state index >= 15 is 0 Å². The van der Waals surface area contributed by atoms with Gasteiger partial charge < -0.3 is 15.3 Å². The van der Waals surface area contributed by atoms with Gasteiger partial charge in [0.2, 0.25) is 0 Å². The number of rotatable bonds is 7. The third-order valence-electron chi connectivity index (χ3n) is 2.65. The van der Waals surface area contributed by atoms with E-state index < -0.39 is 0 Å². The van der Waals surface area contributed by atoms with Gasteiger partial charge in [-0.25, -0.2) is 0 Å². The van der Waals surface area contributed by atoms with Gasteiger partial charge in [0.25, 0.3) is 0 Å². The first kappa shape index (κ1) is 13.0. The Kier molecular flexibility index (Phi) is 5.90. The zero-order valence-corrected chi connectivity index (χ0v) is 10.2. The van der Waals surface area contributed by atoms with E-state index in [2.05, 4.69) is 42.3 Å². The third-order valence-corrected chi connectivity index (χ3v) is 2.65. The van der Waals surface area contributed by atoms with Gasteiger partial charge in [-0.15, -0.1) is 0 Å². The lowest BCUT2D eigenvalue weighted by molar-refractivity contribution is 0.302. The van der Waals surface area contributed by atoms with E-state index in [0.717, 1.165) is 19.6 Å². The molecule has 0 aliphatic rings. The van der Waals surface area contributed by atoms with Crippen molar-refractivity contribution >= 4 is 5.69 Å². The Bertz CT molecular complexity index is 302. The summed E-state index contributed by atoms with van der Waals surface area (Å²) in [5.41, 5.74) is 2.51. The highest BCUT2D eigenvalue weighted by molar-refractivity contribution is 5.53. The van der Waals surface area contributed by atoms with Crippen LogP contribution < -0.4 is 10.2 Å². The fraction of sp³-hybridized carbons (Fsp3) is 0.538. The Morgan fingerprint density at radius 2 is 2.00 bits per heavy atom. The molecule has 0 spiro atoms. The summed E-state index contributed by atoms with van der Waals surface area (Å²) in [6.07, 6.45) is 0. The molecule has 0 aromatic heterocycles. The summed E-state index contributed by atoms with van der Waals surface area (Å²) in [4.78, 5) is 2.20. The van der Waals surface area contributed by atoms with Crippen LogP contribution in [0.1, 0.15) is 19.4 Å². The fourth-order valence-corrected chi connectivity index (χ4v) is 1.80. The number of aliphatic hydroxyl groups is 1. The minimum Gasteiger partial charge on any atom is -0.395 e. The van der Waals surface area contributed by atoms with Crippen molar-refractivity contribution in [2.24, 2.45) is 0 Å². The molecule has 0 bridgehead atoms. The second-order valence-electron chi connectivity index (χ2n) is 3.71. The summed E-state index contributed by atoms with van der Waals surface area (Å²) >= 11 is 0. The molecule has 3 nitrogen and oxygen atoms in total. The second kappa shape index (κ2) is 7.25. The smallest absolute Gasteiger partial charge is 0.0606 e. The van der Waals surface area contributed by atoms with Crippen LogP contribution in [-0.2, 0) is 6.54 Å². The second-order valence-corrected chi connectivity index (χ2v) is 3.71. The van der Waals surface area contributed by atoms with Gasteiger partial charge in [-0.1, -0.05) is 25.1 Å². The number of hydrogen-bond acceptors (Lipinski definition) is 3. The number of para-hydroxylation sites is 1. The van der Waals surface area contributed by atoms with Crippen LogP contribution in [0.4, 0.5) is 5.69 Å². The minimum absolute atomic E-state index is 0.198. The Balaban J connectivity index is 2.82. The van der Waals surface area contributed by atoms with Crippen LogP contribution in [0.3, 0.4) is 0 Å². The average Bonchev–Trinajstić information content (AvgIpc) is 2.34. The molecular formula is C13H22N2O. The maximum Gasteiger partial charge on any atom is 0.0606 e. The van der Waals surface area contributed by atoms with Gasteiger partial charge in [0, 0.05) is 25.3 Å². The summed E-state index contributed by atoms with van der Waals surface area (Å²) in [6, 6.07) is 8.36. The van der Waals surface area contributed by atoms with Gasteiger partial charge in [0.15, 0.2) is 0 Å². The summed E-state index contributed by atoms with van der Waals surface area (Å²) in [7, 11) is 0. The highest BCUT2D eigenvalue weighted by atomic mass is 16.3. The zero-order valence-electron chi connectivity index (χ0n) is 10.2. The molecule has 90 valence electrons. The summed E-state index contributed by atoms with van der Waals surface area (Å²) < 4.78 is 0. The van der Waals surface area contributed by atoms with E-state index in [1.165, 1.54) is 11.3 Å². The predicted molar refractivity (Wildman–Crippen MR) is 68.8 cm³/mol. The molecule has 0 aliphatic carbocycles. The minimum atomic E-state index is 0.198. The lowest BCUT2D eigenvalue weighted by Gasteiger charge is -2.25. The van der Waals surface area contributed by atoms with Crippen molar-refractivity contribution in [1.29, 1.82) is 0 Å². The number of benzene rings is 1. The number of aliphatic hydroxyl groups excluding tert-OH is 1. The van der Waals surface area contributed by atoms with Crippen molar-refractivity contribution in [2.75, 3.05) is 31.1 Å². The maximum atomic E-state index is 9.04. The molecule has 0 amide bonds. The molecular weight excluding hydrogens is 200 g/mol. The molecule has 0 heterocycles. The fourth-order valence-electron chi connectivity index (χ4n) is 1.80. The van der Waals surface area contributed by atoms with Crippen molar-refractivity contribution in [3.63, 3.8) is 0 Å². The van der Waals surface area contributed by atoms with E-state index in [9.17, 15) is 0 Å². The summed E-state index contributed by atoms with van der Waals surface area (Å²) in [6.45, 7) is 7.88. The van der Waals surface area contributed by atoms with E-state index in [0.29, 0.717) is 6.54 Å². The molecule has 2 N–H and O–H groups in total. The average molecular weight is 222 g/mol. The predicted octanol–water partition coefficient (Wildman–Crippen LogP) is 1.61. The van der Waals surface area contributed by atoms with Crippen molar-refractivity contribution in [3.05, 3.63) is 29.8 Å². The van der Waals surface area contributed by atoms with Gasteiger partial charge in [0.05, 0.1) is 6.61 Å². The Labute approximate surface area is 98.1 Å². The van der Waals surface area contributed by atoms with Gasteiger partial charge in [-0.05, 0) is 25.1 Å². The molecule has 3 heteroatoms. The molecule has 0 fully saturated rings. The van der Waals surface area contributed by atoms with Crippen LogP contribution in [0.5, 0.6) is 0 Å². The molecule has 16 heavy (non-hydrogen) atoms. The summed E-state index contributed by atoms with van der Waals surface area (Å²) in [5, 5.41) is 12.4. The van der Waals surface area contributed by atoms with E-state index in [-0.39, 0.29) is 6.61 Å².